The van der Waals surface area contributed by atoms with Crippen LogP contribution in [0.4, 0.5) is 0 Å². The van der Waals surface area contributed by atoms with Crippen molar-refractivity contribution >= 4 is 35.0 Å². The van der Waals surface area contributed by atoms with Crippen molar-refractivity contribution in [1.82, 2.24) is 4.98 Å². The molecule has 0 saturated carbocycles. The van der Waals surface area contributed by atoms with Crippen LogP contribution < -0.4 is 0 Å². The number of pyridine rings is 1. The Bertz CT molecular complexity index is 314. The number of hydrogen-bond acceptors (Lipinski definition) is 2. The molecular formula is C8H7Cl2NS. The van der Waals surface area contributed by atoms with Gasteiger partial charge in [0.25, 0.3) is 0 Å². The van der Waals surface area contributed by atoms with Gasteiger partial charge in [0.15, 0.2) is 0 Å². The molecule has 12 heavy (non-hydrogen) atoms. The lowest BCUT2D eigenvalue weighted by molar-refractivity contribution is 1.05. The molecule has 0 aromatic carbocycles. The first-order chi connectivity index (χ1) is 5.77. The molecular weight excluding hydrogens is 213 g/mol. The van der Waals surface area contributed by atoms with Crippen LogP contribution in [0.25, 0.3) is 0 Å². The van der Waals surface area contributed by atoms with Gasteiger partial charge in [0.2, 0.25) is 0 Å². The second kappa shape index (κ2) is 3.44. The van der Waals surface area contributed by atoms with Gasteiger partial charge in [0, 0.05) is 5.75 Å². The summed E-state index contributed by atoms with van der Waals surface area (Å²) in [5, 5.41) is 1.08. The molecule has 0 fully saturated rings. The zero-order valence-electron chi connectivity index (χ0n) is 6.31. The minimum atomic E-state index is 0.501. The van der Waals surface area contributed by atoms with Crippen LogP contribution in [-0.4, -0.2) is 10.7 Å². The van der Waals surface area contributed by atoms with Crippen molar-refractivity contribution in [3.63, 3.8) is 0 Å². The second-order valence-corrected chi connectivity index (χ2v) is 4.53. The van der Waals surface area contributed by atoms with Crippen molar-refractivity contribution in [3.8, 4) is 0 Å². The third kappa shape index (κ3) is 1.56. The normalized spacial score (nSPS) is 15.8. The van der Waals surface area contributed by atoms with Crippen LogP contribution in [0.15, 0.2) is 6.07 Å². The highest BCUT2D eigenvalue weighted by molar-refractivity contribution is 7.98. The zero-order chi connectivity index (χ0) is 8.55. The average Bonchev–Trinajstić information content (AvgIpc) is 2.04. The van der Waals surface area contributed by atoms with E-state index in [0.29, 0.717) is 10.3 Å². The summed E-state index contributed by atoms with van der Waals surface area (Å²) in [5.74, 6) is 2.15. The highest BCUT2D eigenvalue weighted by Gasteiger charge is 2.14. The second-order valence-electron chi connectivity index (χ2n) is 2.68. The van der Waals surface area contributed by atoms with E-state index in [4.69, 9.17) is 23.2 Å². The maximum absolute atomic E-state index is 5.94. The first kappa shape index (κ1) is 8.67. The Morgan fingerprint density at radius 2 is 2.25 bits per heavy atom. The SMILES string of the molecule is Clc1cc2c(c(Cl)n1)CCSC2. The van der Waals surface area contributed by atoms with E-state index in [9.17, 15) is 0 Å². The topological polar surface area (TPSA) is 12.9 Å². The maximum Gasteiger partial charge on any atom is 0.134 e. The summed E-state index contributed by atoms with van der Waals surface area (Å²) in [7, 11) is 0. The lowest BCUT2D eigenvalue weighted by Gasteiger charge is -2.15. The molecule has 2 rings (SSSR count). The molecule has 2 heterocycles. The molecule has 1 aromatic rings. The van der Waals surface area contributed by atoms with Gasteiger partial charge in [-0.1, -0.05) is 23.2 Å². The number of hydrogen-bond donors (Lipinski definition) is 0. The minimum absolute atomic E-state index is 0.501. The van der Waals surface area contributed by atoms with Crippen LogP contribution in [0.2, 0.25) is 10.3 Å². The number of nitrogens with zero attached hydrogens (tertiary/aromatic N) is 1. The molecule has 0 atom stereocenters. The number of rotatable bonds is 0. The minimum Gasteiger partial charge on any atom is -0.224 e. The molecule has 1 aliphatic heterocycles. The van der Waals surface area contributed by atoms with E-state index in [1.807, 2.05) is 17.8 Å². The Kier molecular flexibility index (Phi) is 2.49. The van der Waals surface area contributed by atoms with Crippen LogP contribution in [0, 0.1) is 0 Å². The summed E-state index contributed by atoms with van der Waals surface area (Å²) in [6.07, 6.45) is 1.02. The smallest absolute Gasteiger partial charge is 0.134 e. The van der Waals surface area contributed by atoms with E-state index < -0.39 is 0 Å². The third-order valence-electron chi connectivity index (χ3n) is 1.89. The van der Waals surface area contributed by atoms with Gasteiger partial charge in [-0.05, 0) is 29.4 Å². The van der Waals surface area contributed by atoms with Crippen molar-refractivity contribution in [2.45, 2.75) is 12.2 Å². The zero-order valence-corrected chi connectivity index (χ0v) is 8.64. The van der Waals surface area contributed by atoms with Crippen molar-refractivity contribution in [2.24, 2.45) is 0 Å². The van der Waals surface area contributed by atoms with Crippen LogP contribution in [0.1, 0.15) is 11.1 Å². The van der Waals surface area contributed by atoms with Crippen LogP contribution in [0.3, 0.4) is 0 Å². The molecule has 0 saturated heterocycles. The molecule has 0 bridgehead atoms. The van der Waals surface area contributed by atoms with Gasteiger partial charge in [-0.25, -0.2) is 4.98 Å². The summed E-state index contributed by atoms with van der Waals surface area (Å²) in [4.78, 5) is 4.01. The van der Waals surface area contributed by atoms with Crippen molar-refractivity contribution in [3.05, 3.63) is 27.5 Å². The molecule has 4 heteroatoms. The largest absolute Gasteiger partial charge is 0.224 e. The summed E-state index contributed by atoms with van der Waals surface area (Å²) < 4.78 is 0. The molecule has 0 spiro atoms. The molecule has 1 aliphatic rings. The van der Waals surface area contributed by atoms with E-state index in [1.165, 1.54) is 11.1 Å². The molecule has 0 unspecified atom stereocenters. The fraction of sp³-hybridized carbons (Fsp3) is 0.375. The van der Waals surface area contributed by atoms with Crippen molar-refractivity contribution in [1.29, 1.82) is 0 Å². The van der Waals surface area contributed by atoms with Gasteiger partial charge in [-0.15, -0.1) is 0 Å². The number of fused-ring (bicyclic) bond motifs is 1. The standard InChI is InChI=1S/C8H7Cl2NS/c9-7-3-5-4-12-2-1-6(5)8(10)11-7/h3H,1-2,4H2. The molecule has 0 N–H and O–H groups in total. The van der Waals surface area contributed by atoms with Gasteiger partial charge >= 0.3 is 0 Å². The van der Waals surface area contributed by atoms with E-state index in [1.54, 1.807) is 0 Å². The summed E-state index contributed by atoms with van der Waals surface area (Å²) in [6.45, 7) is 0. The van der Waals surface area contributed by atoms with Gasteiger partial charge in [-0.2, -0.15) is 11.8 Å². The Hall–Kier alpha value is 0.0800. The van der Waals surface area contributed by atoms with E-state index >= 15 is 0 Å². The third-order valence-corrected chi connectivity index (χ3v) is 3.40. The monoisotopic (exact) mass is 219 g/mol. The Morgan fingerprint density at radius 3 is 3.08 bits per heavy atom. The average molecular weight is 220 g/mol. The van der Waals surface area contributed by atoms with Gasteiger partial charge in [0.05, 0.1) is 0 Å². The lowest BCUT2D eigenvalue weighted by atomic mass is 10.1. The van der Waals surface area contributed by atoms with E-state index in [2.05, 4.69) is 4.98 Å². The van der Waals surface area contributed by atoms with Crippen molar-refractivity contribution < 1.29 is 0 Å². The summed E-state index contributed by atoms with van der Waals surface area (Å²) >= 11 is 13.6. The summed E-state index contributed by atoms with van der Waals surface area (Å²) in [6, 6.07) is 1.91. The first-order valence-electron chi connectivity index (χ1n) is 3.69. The Morgan fingerprint density at radius 1 is 1.42 bits per heavy atom. The fourth-order valence-corrected chi connectivity index (χ4v) is 2.84. The van der Waals surface area contributed by atoms with E-state index in [-0.39, 0.29) is 0 Å². The lowest BCUT2D eigenvalue weighted by Crippen LogP contribution is -2.04. The van der Waals surface area contributed by atoms with Crippen LogP contribution in [0.5, 0.6) is 0 Å². The Labute approximate surface area is 85.5 Å². The molecule has 0 radical (unpaired) electrons. The predicted octanol–water partition coefficient (Wildman–Crippen LogP) is 3.18. The number of thioether (sulfide) groups is 1. The van der Waals surface area contributed by atoms with Crippen LogP contribution >= 0.6 is 35.0 Å². The maximum atomic E-state index is 5.94. The highest BCUT2D eigenvalue weighted by Crippen LogP contribution is 2.30. The number of halogens is 2. The van der Waals surface area contributed by atoms with Crippen LogP contribution in [-0.2, 0) is 12.2 Å². The number of aromatic nitrogens is 1. The molecule has 0 aliphatic carbocycles. The highest BCUT2D eigenvalue weighted by atomic mass is 35.5. The molecule has 64 valence electrons. The van der Waals surface area contributed by atoms with Crippen molar-refractivity contribution in [2.75, 3.05) is 5.75 Å². The first-order valence-corrected chi connectivity index (χ1v) is 5.60. The van der Waals surface area contributed by atoms with Gasteiger partial charge in [0.1, 0.15) is 10.3 Å². The molecule has 0 amide bonds. The Balaban J connectivity index is 2.53. The van der Waals surface area contributed by atoms with E-state index in [0.717, 1.165) is 17.9 Å². The van der Waals surface area contributed by atoms with Gasteiger partial charge < -0.3 is 0 Å². The molecule has 1 aromatic heterocycles. The predicted molar refractivity (Wildman–Crippen MR) is 54.1 cm³/mol. The fourth-order valence-electron chi connectivity index (χ4n) is 1.31. The summed E-state index contributed by atoms with van der Waals surface area (Å²) in [5.41, 5.74) is 2.43. The van der Waals surface area contributed by atoms with Gasteiger partial charge in [-0.3, -0.25) is 0 Å². The quantitative estimate of drug-likeness (QED) is 0.623. The molecule has 1 nitrogen and oxygen atoms in total.